The molecular weight excluding hydrogens is 370 g/mol. The molecule has 2 atom stereocenters. The van der Waals surface area contributed by atoms with Gasteiger partial charge in [-0.25, -0.2) is 4.98 Å². The highest BCUT2D eigenvalue weighted by atomic mass is 32.1. The first-order chi connectivity index (χ1) is 13.7. The Morgan fingerprint density at radius 2 is 2.04 bits per heavy atom. The molecule has 0 bridgehead atoms. The molecule has 3 aromatic heterocycles. The average Bonchev–Trinajstić information content (AvgIpc) is 3.32. The molecule has 0 saturated carbocycles. The topological polar surface area (TPSA) is 55.2 Å². The third-order valence-corrected chi connectivity index (χ3v) is 5.31. The molecule has 4 rings (SSSR count). The van der Waals surface area contributed by atoms with Gasteiger partial charge in [0.2, 0.25) is 0 Å². The zero-order valence-corrected chi connectivity index (χ0v) is 16.8. The van der Waals surface area contributed by atoms with E-state index in [1.54, 1.807) is 7.11 Å². The van der Waals surface area contributed by atoms with E-state index in [0.29, 0.717) is 18.3 Å². The number of nitrogens with zero attached hydrogens (tertiary/aromatic N) is 4. The van der Waals surface area contributed by atoms with Gasteiger partial charge in [-0.3, -0.25) is 4.98 Å². The monoisotopic (exact) mass is 393 g/mol. The van der Waals surface area contributed by atoms with Gasteiger partial charge in [-0.2, -0.15) is 0 Å². The summed E-state index contributed by atoms with van der Waals surface area (Å²) in [5, 5.41) is 4.17. The Morgan fingerprint density at radius 3 is 2.75 bits per heavy atom. The molecule has 144 valence electrons. The second-order valence-electron chi connectivity index (χ2n) is 6.81. The van der Waals surface area contributed by atoms with E-state index < -0.39 is 0 Å². The van der Waals surface area contributed by atoms with Crippen LogP contribution < -0.4 is 5.32 Å². The number of hydrogen-bond acceptors (Lipinski definition) is 4. The molecule has 28 heavy (non-hydrogen) atoms. The standard InChI is InChI=1S/C21H23N5OS/c1-15-8-9-18(23-14-15)25-11-5-7-17(25)20-19(16-6-3-4-10-22-16)24-21(28)26(20)12-13-27-2/h3-11,14,19-20H,12-13H2,1-2H3,(H,24,28)/t19-,20-/m1/s1. The minimum atomic E-state index is -0.0512. The molecule has 1 N–H and O–H groups in total. The first kappa shape index (κ1) is 18.6. The second kappa shape index (κ2) is 8.08. The van der Waals surface area contributed by atoms with Gasteiger partial charge >= 0.3 is 0 Å². The van der Waals surface area contributed by atoms with Gasteiger partial charge in [0.15, 0.2) is 5.11 Å². The Balaban J connectivity index is 1.78. The fourth-order valence-electron chi connectivity index (χ4n) is 3.60. The van der Waals surface area contributed by atoms with Crippen LogP contribution >= 0.6 is 12.2 Å². The maximum absolute atomic E-state index is 5.67. The lowest BCUT2D eigenvalue weighted by molar-refractivity contribution is 0.163. The van der Waals surface area contributed by atoms with Crippen molar-refractivity contribution in [3.63, 3.8) is 0 Å². The van der Waals surface area contributed by atoms with Crippen LogP contribution in [0.5, 0.6) is 0 Å². The Labute approximate surface area is 170 Å². The maximum Gasteiger partial charge on any atom is 0.170 e. The fraction of sp³-hybridized carbons (Fsp3) is 0.286. The summed E-state index contributed by atoms with van der Waals surface area (Å²) in [6.07, 6.45) is 5.74. The number of aryl methyl sites for hydroxylation is 1. The third kappa shape index (κ3) is 3.50. The Hall–Kier alpha value is -2.77. The molecule has 1 fully saturated rings. The molecular formula is C21H23N5OS. The van der Waals surface area contributed by atoms with Crippen molar-refractivity contribution >= 4 is 17.3 Å². The summed E-state index contributed by atoms with van der Waals surface area (Å²) in [5.41, 5.74) is 3.20. The Bertz CT molecular complexity index is 941. The summed E-state index contributed by atoms with van der Waals surface area (Å²) >= 11 is 5.67. The highest BCUT2D eigenvalue weighted by molar-refractivity contribution is 7.80. The summed E-state index contributed by atoms with van der Waals surface area (Å²) in [6.45, 7) is 3.33. The van der Waals surface area contributed by atoms with Crippen molar-refractivity contribution in [2.24, 2.45) is 0 Å². The van der Waals surface area contributed by atoms with Crippen LogP contribution in [-0.2, 0) is 4.74 Å². The quantitative estimate of drug-likeness (QED) is 0.649. The number of methoxy groups -OCH3 is 1. The highest BCUT2D eigenvalue weighted by Crippen LogP contribution is 2.39. The van der Waals surface area contributed by atoms with Crippen molar-refractivity contribution in [3.05, 3.63) is 78.0 Å². The Kier molecular flexibility index (Phi) is 5.36. The van der Waals surface area contributed by atoms with E-state index in [1.165, 1.54) is 0 Å². The molecule has 7 heteroatoms. The SMILES string of the molecule is COCCN1C(=S)N[C@H](c2ccccn2)[C@H]1c1cccn1-c1ccc(C)cn1. The van der Waals surface area contributed by atoms with Crippen LogP contribution in [-0.4, -0.2) is 44.8 Å². The lowest BCUT2D eigenvalue weighted by Gasteiger charge is -2.28. The molecule has 1 saturated heterocycles. The molecule has 6 nitrogen and oxygen atoms in total. The van der Waals surface area contributed by atoms with E-state index in [0.717, 1.165) is 22.8 Å². The molecule has 1 aliphatic heterocycles. The van der Waals surface area contributed by atoms with E-state index in [1.807, 2.05) is 55.8 Å². The molecule has 3 aromatic rings. The summed E-state index contributed by atoms with van der Waals surface area (Å²) in [7, 11) is 1.71. The molecule has 0 spiro atoms. The maximum atomic E-state index is 5.67. The van der Waals surface area contributed by atoms with E-state index in [9.17, 15) is 0 Å². The number of pyridine rings is 2. The summed E-state index contributed by atoms with van der Waals surface area (Å²) in [5.74, 6) is 0.884. The van der Waals surface area contributed by atoms with Gasteiger partial charge in [0.1, 0.15) is 5.82 Å². The van der Waals surface area contributed by atoms with E-state index in [2.05, 4.69) is 36.9 Å². The van der Waals surface area contributed by atoms with Crippen LogP contribution in [0.4, 0.5) is 0 Å². The lowest BCUT2D eigenvalue weighted by atomic mass is 10.0. The first-order valence-corrected chi connectivity index (χ1v) is 9.67. The van der Waals surface area contributed by atoms with Crippen LogP contribution in [0.1, 0.15) is 29.0 Å². The molecule has 4 heterocycles. The predicted octanol–water partition coefficient (Wildman–Crippen LogP) is 3.19. The Morgan fingerprint density at radius 1 is 1.14 bits per heavy atom. The lowest BCUT2D eigenvalue weighted by Crippen LogP contribution is -2.33. The van der Waals surface area contributed by atoms with Gasteiger partial charge in [-0.1, -0.05) is 12.1 Å². The van der Waals surface area contributed by atoms with Crippen molar-refractivity contribution in [1.82, 2.24) is 24.8 Å². The molecule has 0 unspecified atom stereocenters. The van der Waals surface area contributed by atoms with Gasteiger partial charge in [0.25, 0.3) is 0 Å². The fourth-order valence-corrected chi connectivity index (χ4v) is 3.94. The highest BCUT2D eigenvalue weighted by Gasteiger charge is 2.41. The minimum Gasteiger partial charge on any atom is -0.383 e. The number of aromatic nitrogens is 3. The van der Waals surface area contributed by atoms with E-state index in [4.69, 9.17) is 17.0 Å². The van der Waals surface area contributed by atoms with Gasteiger partial charge in [0.05, 0.1) is 24.4 Å². The number of thiocarbonyl (C=S) groups is 1. The zero-order chi connectivity index (χ0) is 19.5. The minimum absolute atomic E-state index is 0.0179. The molecule has 0 aliphatic carbocycles. The molecule has 0 radical (unpaired) electrons. The molecule has 1 aliphatic rings. The first-order valence-electron chi connectivity index (χ1n) is 9.26. The van der Waals surface area contributed by atoms with Gasteiger partial charge in [-0.15, -0.1) is 0 Å². The van der Waals surface area contributed by atoms with Crippen molar-refractivity contribution in [3.8, 4) is 5.82 Å². The number of nitrogens with one attached hydrogen (secondary N) is 1. The number of hydrogen-bond donors (Lipinski definition) is 1. The van der Waals surface area contributed by atoms with Crippen LogP contribution in [0.25, 0.3) is 5.82 Å². The van der Waals surface area contributed by atoms with Gasteiger partial charge < -0.3 is 19.5 Å². The molecule has 0 aromatic carbocycles. The summed E-state index contributed by atoms with van der Waals surface area (Å²) < 4.78 is 7.44. The normalized spacial score (nSPS) is 19.1. The van der Waals surface area contributed by atoms with E-state index in [-0.39, 0.29) is 12.1 Å². The second-order valence-corrected chi connectivity index (χ2v) is 7.20. The smallest absolute Gasteiger partial charge is 0.170 e. The summed E-state index contributed by atoms with van der Waals surface area (Å²) in [6, 6.07) is 14.2. The summed E-state index contributed by atoms with van der Waals surface area (Å²) in [4.78, 5) is 11.4. The zero-order valence-electron chi connectivity index (χ0n) is 15.9. The third-order valence-electron chi connectivity index (χ3n) is 4.96. The van der Waals surface area contributed by atoms with Crippen LogP contribution in [0.15, 0.2) is 61.1 Å². The van der Waals surface area contributed by atoms with Crippen molar-refractivity contribution in [2.45, 2.75) is 19.0 Å². The average molecular weight is 394 g/mol. The van der Waals surface area contributed by atoms with Crippen molar-refractivity contribution in [2.75, 3.05) is 20.3 Å². The van der Waals surface area contributed by atoms with Crippen LogP contribution in [0, 0.1) is 6.92 Å². The predicted molar refractivity (Wildman–Crippen MR) is 112 cm³/mol. The van der Waals surface area contributed by atoms with Crippen molar-refractivity contribution < 1.29 is 4.74 Å². The largest absolute Gasteiger partial charge is 0.383 e. The van der Waals surface area contributed by atoms with Crippen molar-refractivity contribution in [1.29, 1.82) is 0 Å². The van der Waals surface area contributed by atoms with Gasteiger partial charge in [-0.05, 0) is 55.0 Å². The number of rotatable bonds is 6. The molecule has 0 amide bonds. The van der Waals surface area contributed by atoms with Gasteiger partial charge in [0, 0.05) is 37.9 Å². The number of ether oxygens (including phenoxy) is 1. The van der Waals surface area contributed by atoms with Crippen LogP contribution in [0.2, 0.25) is 0 Å². The van der Waals surface area contributed by atoms with Crippen LogP contribution in [0.3, 0.4) is 0 Å². The van der Waals surface area contributed by atoms with E-state index >= 15 is 0 Å².